The quantitative estimate of drug-likeness (QED) is 0.414. The third-order valence-corrected chi connectivity index (χ3v) is 4.88. The minimum absolute atomic E-state index is 0.255. The van der Waals surface area contributed by atoms with E-state index in [1.807, 2.05) is 54.6 Å². The number of nitrogens with one attached hydrogen (secondary N) is 1. The maximum absolute atomic E-state index is 12.2. The summed E-state index contributed by atoms with van der Waals surface area (Å²) in [6.07, 6.45) is 1.61. The average Bonchev–Trinajstić information content (AvgIpc) is 2.70. The van der Waals surface area contributed by atoms with Gasteiger partial charge in [-0.1, -0.05) is 46.3 Å². The molecule has 0 aromatic heterocycles. The van der Waals surface area contributed by atoms with Gasteiger partial charge in [-0.3, -0.25) is 4.79 Å². The van der Waals surface area contributed by atoms with Gasteiger partial charge in [-0.05, 0) is 72.5 Å². The van der Waals surface area contributed by atoms with Crippen LogP contribution in [0.1, 0.15) is 32.6 Å². The van der Waals surface area contributed by atoms with E-state index in [9.17, 15) is 4.79 Å². The molecule has 0 aliphatic heterocycles. The lowest BCUT2D eigenvalue weighted by Crippen LogP contribution is -2.17. The van der Waals surface area contributed by atoms with Crippen molar-refractivity contribution in [3.63, 3.8) is 0 Å². The van der Waals surface area contributed by atoms with Crippen molar-refractivity contribution in [2.75, 3.05) is 0 Å². The Bertz CT molecular complexity index is 980. The number of halogens is 1. The molecular formula is C23H21BrN2O2. The van der Waals surface area contributed by atoms with E-state index < -0.39 is 0 Å². The van der Waals surface area contributed by atoms with Crippen molar-refractivity contribution < 1.29 is 9.53 Å². The number of nitrogens with zero attached hydrogens (tertiary/aromatic N) is 1. The first-order valence-electron chi connectivity index (χ1n) is 8.89. The standard InChI is InChI=1S/C23H21BrN2O2/c1-16-3-12-22(13-17(16)2)28-15-19-4-8-20(9-5-19)23(27)26-25-14-18-6-10-21(24)11-7-18/h3-14H,15H2,1-2H3,(H,26,27)/b25-14+. The van der Waals surface area contributed by atoms with Crippen LogP contribution in [-0.2, 0) is 6.61 Å². The van der Waals surface area contributed by atoms with Gasteiger partial charge >= 0.3 is 0 Å². The molecule has 1 N–H and O–H groups in total. The van der Waals surface area contributed by atoms with Gasteiger partial charge in [0.05, 0.1) is 6.21 Å². The van der Waals surface area contributed by atoms with Gasteiger partial charge in [0.1, 0.15) is 12.4 Å². The first-order chi connectivity index (χ1) is 13.5. The summed E-state index contributed by atoms with van der Waals surface area (Å²) >= 11 is 3.38. The van der Waals surface area contributed by atoms with Gasteiger partial charge in [0.15, 0.2) is 0 Å². The molecule has 0 unspecified atom stereocenters. The van der Waals surface area contributed by atoms with Crippen LogP contribution < -0.4 is 10.2 Å². The topological polar surface area (TPSA) is 50.7 Å². The fraction of sp³-hybridized carbons (Fsp3) is 0.130. The van der Waals surface area contributed by atoms with Gasteiger partial charge < -0.3 is 4.74 Å². The monoisotopic (exact) mass is 436 g/mol. The maximum atomic E-state index is 12.2. The summed E-state index contributed by atoms with van der Waals surface area (Å²) in [5.74, 6) is 0.585. The van der Waals surface area contributed by atoms with Gasteiger partial charge in [-0.2, -0.15) is 5.10 Å². The Hall–Kier alpha value is -2.92. The summed E-state index contributed by atoms with van der Waals surface area (Å²) in [5.41, 5.74) is 7.42. The molecule has 0 heterocycles. The second-order valence-electron chi connectivity index (χ2n) is 6.48. The van der Waals surface area contributed by atoms with Crippen molar-refractivity contribution in [1.29, 1.82) is 0 Å². The molecule has 5 heteroatoms. The Morgan fingerprint density at radius 2 is 1.71 bits per heavy atom. The summed E-state index contributed by atoms with van der Waals surface area (Å²) in [7, 11) is 0. The first kappa shape index (κ1) is 19.8. The number of aryl methyl sites for hydroxylation is 2. The number of carbonyl (C=O) groups is 1. The number of hydrazone groups is 1. The summed E-state index contributed by atoms with van der Waals surface area (Å²) in [4.78, 5) is 12.2. The van der Waals surface area contributed by atoms with E-state index in [0.717, 1.165) is 21.3 Å². The van der Waals surface area contributed by atoms with E-state index in [1.165, 1.54) is 11.1 Å². The van der Waals surface area contributed by atoms with Crippen molar-refractivity contribution in [3.05, 3.63) is 99.0 Å². The molecule has 0 aliphatic carbocycles. The molecule has 0 bridgehead atoms. The molecule has 0 fully saturated rings. The summed E-state index contributed by atoms with van der Waals surface area (Å²) in [6.45, 7) is 4.59. The number of rotatable bonds is 6. The Kier molecular flexibility index (Phi) is 6.61. The Morgan fingerprint density at radius 1 is 1.00 bits per heavy atom. The Balaban J connectivity index is 1.53. The highest BCUT2D eigenvalue weighted by atomic mass is 79.9. The zero-order chi connectivity index (χ0) is 19.9. The summed E-state index contributed by atoms with van der Waals surface area (Å²) < 4.78 is 6.82. The molecule has 1 amide bonds. The largest absolute Gasteiger partial charge is 0.489 e. The lowest BCUT2D eigenvalue weighted by molar-refractivity contribution is 0.0955. The number of amides is 1. The van der Waals surface area contributed by atoms with Crippen molar-refractivity contribution in [2.45, 2.75) is 20.5 Å². The highest BCUT2D eigenvalue weighted by molar-refractivity contribution is 9.10. The predicted molar refractivity (Wildman–Crippen MR) is 116 cm³/mol. The molecule has 3 aromatic rings. The SMILES string of the molecule is Cc1ccc(OCc2ccc(C(=O)N/N=C/c3ccc(Br)cc3)cc2)cc1C. The van der Waals surface area contributed by atoms with Gasteiger partial charge in [0.25, 0.3) is 5.91 Å². The minimum Gasteiger partial charge on any atom is -0.489 e. The predicted octanol–water partition coefficient (Wildman–Crippen LogP) is 5.41. The van der Waals surface area contributed by atoms with E-state index in [4.69, 9.17) is 4.74 Å². The molecule has 0 saturated carbocycles. The third-order valence-electron chi connectivity index (χ3n) is 4.35. The second kappa shape index (κ2) is 9.33. The molecule has 0 atom stereocenters. The van der Waals surface area contributed by atoms with Gasteiger partial charge in [-0.15, -0.1) is 0 Å². The molecule has 0 saturated heterocycles. The van der Waals surface area contributed by atoms with Crippen molar-refractivity contribution >= 4 is 28.1 Å². The molecule has 0 spiro atoms. The highest BCUT2D eigenvalue weighted by Crippen LogP contribution is 2.18. The van der Waals surface area contributed by atoms with Crippen molar-refractivity contribution in [2.24, 2.45) is 5.10 Å². The number of hydrogen-bond donors (Lipinski definition) is 1. The van der Waals surface area contributed by atoms with Gasteiger partial charge in [-0.25, -0.2) is 5.43 Å². The molecular weight excluding hydrogens is 416 g/mol. The second-order valence-corrected chi connectivity index (χ2v) is 7.40. The molecule has 0 radical (unpaired) electrons. The fourth-order valence-corrected chi connectivity index (χ4v) is 2.77. The van der Waals surface area contributed by atoms with E-state index in [2.05, 4.69) is 40.3 Å². The van der Waals surface area contributed by atoms with Crippen LogP contribution in [0.5, 0.6) is 5.75 Å². The smallest absolute Gasteiger partial charge is 0.271 e. The lowest BCUT2D eigenvalue weighted by Gasteiger charge is -2.09. The highest BCUT2D eigenvalue weighted by Gasteiger charge is 2.05. The third kappa shape index (κ3) is 5.54. The fourth-order valence-electron chi connectivity index (χ4n) is 2.50. The van der Waals surface area contributed by atoms with Gasteiger partial charge in [0.2, 0.25) is 0 Å². The van der Waals surface area contributed by atoms with E-state index in [0.29, 0.717) is 12.2 Å². The number of benzene rings is 3. The van der Waals surface area contributed by atoms with Gasteiger partial charge in [0, 0.05) is 10.0 Å². The minimum atomic E-state index is -0.255. The normalized spacial score (nSPS) is 10.8. The van der Waals surface area contributed by atoms with Crippen molar-refractivity contribution in [1.82, 2.24) is 5.43 Å². The number of hydrogen-bond acceptors (Lipinski definition) is 3. The molecule has 0 aliphatic rings. The number of ether oxygens (including phenoxy) is 1. The summed E-state index contributed by atoms with van der Waals surface area (Å²) in [6, 6.07) is 21.0. The van der Waals surface area contributed by atoms with Crippen LogP contribution in [0.25, 0.3) is 0 Å². The summed E-state index contributed by atoms with van der Waals surface area (Å²) in [5, 5.41) is 4.00. The molecule has 3 aromatic carbocycles. The molecule has 4 nitrogen and oxygen atoms in total. The van der Waals surface area contributed by atoms with Crippen LogP contribution >= 0.6 is 15.9 Å². The Morgan fingerprint density at radius 3 is 2.39 bits per heavy atom. The van der Waals surface area contributed by atoms with Crippen LogP contribution in [0.3, 0.4) is 0 Å². The van der Waals surface area contributed by atoms with E-state index in [1.54, 1.807) is 18.3 Å². The molecule has 28 heavy (non-hydrogen) atoms. The molecule has 3 rings (SSSR count). The van der Waals surface area contributed by atoms with Crippen molar-refractivity contribution in [3.8, 4) is 5.75 Å². The Labute approximate surface area is 173 Å². The van der Waals surface area contributed by atoms with Crippen LogP contribution in [0.15, 0.2) is 76.3 Å². The van der Waals surface area contributed by atoms with Crippen LogP contribution in [0.2, 0.25) is 0 Å². The average molecular weight is 437 g/mol. The van der Waals surface area contributed by atoms with E-state index in [-0.39, 0.29) is 5.91 Å². The zero-order valence-electron chi connectivity index (χ0n) is 15.8. The lowest BCUT2D eigenvalue weighted by atomic mass is 10.1. The maximum Gasteiger partial charge on any atom is 0.271 e. The van der Waals surface area contributed by atoms with Crippen LogP contribution in [0, 0.1) is 13.8 Å². The first-order valence-corrected chi connectivity index (χ1v) is 9.68. The zero-order valence-corrected chi connectivity index (χ0v) is 17.4. The van der Waals surface area contributed by atoms with E-state index >= 15 is 0 Å². The van der Waals surface area contributed by atoms with Crippen LogP contribution in [-0.4, -0.2) is 12.1 Å². The molecule has 142 valence electrons. The number of carbonyl (C=O) groups excluding carboxylic acids is 1. The van der Waals surface area contributed by atoms with Crippen LogP contribution in [0.4, 0.5) is 0 Å².